The quantitative estimate of drug-likeness (QED) is 0.759. The summed E-state index contributed by atoms with van der Waals surface area (Å²) in [6.07, 6.45) is -2.11. The zero-order valence-corrected chi connectivity index (χ0v) is 7.69. The third kappa shape index (κ3) is 1.88. The molecule has 0 amide bonds. The first-order valence-electron chi connectivity index (χ1n) is 3.15. The van der Waals surface area contributed by atoms with Gasteiger partial charge < -0.3 is 0 Å². The fourth-order valence-corrected chi connectivity index (χ4v) is 1.18. The lowest BCUT2D eigenvalue weighted by molar-refractivity contribution is 0.110. The summed E-state index contributed by atoms with van der Waals surface area (Å²) in [5.74, 6) is -0.841. The Hall–Kier alpha value is -0.910. The topological polar surface area (TPSA) is 30.0 Å². The van der Waals surface area contributed by atoms with Crippen LogP contribution in [0.15, 0.2) is 10.7 Å². The Morgan fingerprint density at radius 3 is 2.62 bits per heavy atom. The maximum absolute atomic E-state index is 12.7. The molecule has 0 unspecified atom stereocenters. The molecule has 70 valence electrons. The van der Waals surface area contributed by atoms with Crippen LogP contribution in [0.5, 0.6) is 0 Å². The van der Waals surface area contributed by atoms with Gasteiger partial charge in [0.2, 0.25) is 0 Å². The largest absolute Gasteiger partial charge is 0.298 e. The molecular formula is C7H3BrF3NO. The minimum absolute atomic E-state index is 0.141. The predicted molar refractivity (Wildman–Crippen MR) is 42.2 cm³/mol. The van der Waals surface area contributed by atoms with Crippen molar-refractivity contribution >= 4 is 22.2 Å². The Kier molecular flexibility index (Phi) is 3.02. The number of rotatable bonds is 2. The first-order valence-corrected chi connectivity index (χ1v) is 3.94. The molecule has 0 aliphatic rings. The van der Waals surface area contributed by atoms with Crippen molar-refractivity contribution in [1.29, 1.82) is 0 Å². The summed E-state index contributed by atoms with van der Waals surface area (Å²) in [4.78, 5) is 13.5. The Morgan fingerprint density at radius 2 is 2.15 bits per heavy atom. The molecule has 1 rings (SSSR count). The number of nitrogens with zero attached hydrogens (tertiary/aromatic N) is 1. The maximum atomic E-state index is 12.7. The molecule has 0 spiro atoms. The summed E-state index contributed by atoms with van der Waals surface area (Å²) in [7, 11) is 0. The van der Waals surface area contributed by atoms with Gasteiger partial charge in [0.1, 0.15) is 5.69 Å². The number of carbonyl (C=O) groups excluding carboxylic acids is 1. The van der Waals surface area contributed by atoms with Gasteiger partial charge in [0.05, 0.1) is 16.2 Å². The van der Waals surface area contributed by atoms with Crippen LogP contribution in [0.25, 0.3) is 0 Å². The first-order chi connectivity index (χ1) is 6.07. The van der Waals surface area contributed by atoms with Gasteiger partial charge in [0.15, 0.2) is 12.1 Å². The molecule has 0 atom stereocenters. The van der Waals surface area contributed by atoms with E-state index in [4.69, 9.17) is 0 Å². The predicted octanol–water partition coefficient (Wildman–Crippen LogP) is 2.73. The smallest absolute Gasteiger partial charge is 0.281 e. The van der Waals surface area contributed by atoms with Gasteiger partial charge in [-0.15, -0.1) is 0 Å². The molecule has 0 radical (unpaired) electrons. The van der Waals surface area contributed by atoms with E-state index in [0.717, 1.165) is 0 Å². The van der Waals surface area contributed by atoms with Crippen LogP contribution in [0.1, 0.15) is 22.5 Å². The minimum Gasteiger partial charge on any atom is -0.298 e. The number of hydrogen-bond donors (Lipinski definition) is 0. The van der Waals surface area contributed by atoms with Crippen molar-refractivity contribution in [2.24, 2.45) is 0 Å². The van der Waals surface area contributed by atoms with E-state index in [0.29, 0.717) is 6.20 Å². The van der Waals surface area contributed by atoms with E-state index >= 15 is 0 Å². The van der Waals surface area contributed by atoms with Gasteiger partial charge in [-0.1, -0.05) is 0 Å². The minimum atomic E-state index is -2.89. The highest BCUT2D eigenvalue weighted by Crippen LogP contribution is 2.26. The number of halogens is 4. The van der Waals surface area contributed by atoms with Gasteiger partial charge in [-0.25, -0.2) is 13.2 Å². The van der Waals surface area contributed by atoms with Gasteiger partial charge in [0.25, 0.3) is 6.43 Å². The average Bonchev–Trinajstić information content (AvgIpc) is 2.09. The second kappa shape index (κ2) is 3.87. The van der Waals surface area contributed by atoms with E-state index in [1.54, 1.807) is 0 Å². The van der Waals surface area contributed by atoms with Crippen molar-refractivity contribution in [2.75, 3.05) is 0 Å². The Balaban J connectivity index is 3.38. The number of hydrogen-bond acceptors (Lipinski definition) is 2. The van der Waals surface area contributed by atoms with Crippen molar-refractivity contribution < 1.29 is 18.0 Å². The summed E-state index contributed by atoms with van der Waals surface area (Å²) < 4.78 is 36.7. The molecule has 0 aliphatic carbocycles. The Bertz CT molecular complexity index is 343. The highest BCUT2D eigenvalue weighted by molar-refractivity contribution is 9.10. The maximum Gasteiger partial charge on any atom is 0.281 e. The number of pyridine rings is 1. The average molecular weight is 254 g/mol. The van der Waals surface area contributed by atoms with Crippen molar-refractivity contribution in [3.8, 4) is 0 Å². The number of alkyl halides is 2. The Labute approximate surface area is 79.9 Å². The summed E-state index contributed by atoms with van der Waals surface area (Å²) in [5.41, 5.74) is -1.17. The standard InChI is InChI=1S/C7H3BrF3NO/c8-5-3(2-13)6(7(10)11)12-1-4(5)9/h1-2,7H. The molecule has 0 bridgehead atoms. The van der Waals surface area contributed by atoms with Crippen molar-refractivity contribution in [1.82, 2.24) is 4.98 Å². The lowest BCUT2D eigenvalue weighted by Crippen LogP contribution is -2.00. The molecule has 0 aliphatic heterocycles. The molecule has 1 heterocycles. The van der Waals surface area contributed by atoms with Crippen LogP contribution in [-0.4, -0.2) is 11.3 Å². The summed E-state index contributed by atoms with van der Waals surface area (Å²) in [6, 6.07) is 0. The summed E-state index contributed by atoms with van der Waals surface area (Å²) in [6.45, 7) is 0. The number of aldehydes is 1. The number of carbonyl (C=O) groups is 1. The van der Waals surface area contributed by atoms with Crippen LogP contribution in [0, 0.1) is 5.82 Å². The van der Waals surface area contributed by atoms with E-state index in [9.17, 15) is 18.0 Å². The third-order valence-corrected chi connectivity index (χ3v) is 2.17. The third-order valence-electron chi connectivity index (χ3n) is 1.36. The SMILES string of the molecule is O=Cc1c(C(F)F)ncc(F)c1Br. The molecule has 13 heavy (non-hydrogen) atoms. The van der Waals surface area contributed by atoms with Crippen LogP contribution < -0.4 is 0 Å². The zero-order valence-electron chi connectivity index (χ0n) is 6.10. The van der Waals surface area contributed by atoms with Crippen LogP contribution in [0.4, 0.5) is 13.2 Å². The molecule has 1 aromatic heterocycles. The summed E-state index contributed by atoms with van der Waals surface area (Å²) in [5, 5.41) is 0. The molecule has 0 saturated carbocycles. The van der Waals surface area contributed by atoms with E-state index in [-0.39, 0.29) is 10.8 Å². The van der Waals surface area contributed by atoms with Crippen molar-refractivity contribution in [3.05, 3.63) is 27.7 Å². The van der Waals surface area contributed by atoms with Crippen molar-refractivity contribution in [3.63, 3.8) is 0 Å². The van der Waals surface area contributed by atoms with E-state index in [1.807, 2.05) is 0 Å². The van der Waals surface area contributed by atoms with Gasteiger partial charge in [-0.2, -0.15) is 0 Å². The van der Waals surface area contributed by atoms with Gasteiger partial charge >= 0.3 is 0 Å². The van der Waals surface area contributed by atoms with Gasteiger partial charge in [0, 0.05) is 0 Å². The monoisotopic (exact) mass is 253 g/mol. The van der Waals surface area contributed by atoms with Crippen LogP contribution in [-0.2, 0) is 0 Å². The molecule has 1 aromatic rings. The van der Waals surface area contributed by atoms with E-state index in [1.165, 1.54) is 0 Å². The molecule has 6 heteroatoms. The first kappa shape index (κ1) is 10.2. The fraction of sp³-hybridized carbons (Fsp3) is 0.143. The van der Waals surface area contributed by atoms with Crippen LogP contribution in [0.2, 0.25) is 0 Å². The van der Waals surface area contributed by atoms with Gasteiger partial charge in [-0.3, -0.25) is 9.78 Å². The van der Waals surface area contributed by atoms with E-state index in [2.05, 4.69) is 20.9 Å². The van der Waals surface area contributed by atoms with Crippen LogP contribution >= 0.6 is 15.9 Å². The highest BCUT2D eigenvalue weighted by Gasteiger charge is 2.19. The molecule has 0 aromatic carbocycles. The van der Waals surface area contributed by atoms with Crippen molar-refractivity contribution in [2.45, 2.75) is 6.43 Å². The second-order valence-electron chi connectivity index (χ2n) is 2.14. The molecule has 0 saturated heterocycles. The zero-order chi connectivity index (χ0) is 10.0. The van der Waals surface area contributed by atoms with Gasteiger partial charge in [-0.05, 0) is 15.9 Å². The highest BCUT2D eigenvalue weighted by atomic mass is 79.9. The number of aromatic nitrogens is 1. The lowest BCUT2D eigenvalue weighted by atomic mass is 10.2. The summed E-state index contributed by atoms with van der Waals surface area (Å²) >= 11 is 2.68. The molecular weight excluding hydrogens is 251 g/mol. The fourth-order valence-electron chi connectivity index (χ4n) is 0.780. The lowest BCUT2D eigenvalue weighted by Gasteiger charge is -2.04. The second-order valence-corrected chi connectivity index (χ2v) is 2.93. The normalized spacial score (nSPS) is 10.5. The Morgan fingerprint density at radius 1 is 1.54 bits per heavy atom. The molecule has 0 fully saturated rings. The molecule has 0 N–H and O–H groups in total. The van der Waals surface area contributed by atoms with Crippen LogP contribution in [0.3, 0.4) is 0 Å². The molecule has 2 nitrogen and oxygen atoms in total. The van der Waals surface area contributed by atoms with E-state index < -0.39 is 23.5 Å².